The third-order valence-electron chi connectivity index (χ3n) is 4.42. The number of carbonyl (C=O) groups is 1. The molecule has 0 radical (unpaired) electrons. The van der Waals surface area contributed by atoms with Gasteiger partial charge in [-0.2, -0.15) is 0 Å². The molecule has 0 bridgehead atoms. The lowest BCUT2D eigenvalue weighted by Crippen LogP contribution is -2.34. The molecule has 1 aromatic carbocycles. The van der Waals surface area contributed by atoms with E-state index in [4.69, 9.17) is 9.47 Å². The van der Waals surface area contributed by atoms with Crippen molar-refractivity contribution in [2.75, 3.05) is 7.11 Å². The quantitative estimate of drug-likeness (QED) is 0.765. The predicted octanol–water partition coefficient (Wildman–Crippen LogP) is 3.28. The number of methoxy groups -OCH3 is 1. The van der Waals surface area contributed by atoms with Crippen LogP contribution in [0.1, 0.15) is 43.6 Å². The average molecular weight is 260 g/mol. The number of ether oxygens (including phenoxy) is 2. The molecule has 0 aromatic heterocycles. The van der Waals surface area contributed by atoms with Gasteiger partial charge < -0.3 is 9.47 Å². The first kappa shape index (κ1) is 12.5. The molecule has 0 unspecified atom stereocenters. The Bertz CT molecular complexity index is 463. The van der Waals surface area contributed by atoms with Gasteiger partial charge in [0.1, 0.15) is 17.8 Å². The lowest BCUT2D eigenvalue weighted by atomic mass is 9.79. The second-order valence-corrected chi connectivity index (χ2v) is 5.52. The highest BCUT2D eigenvalue weighted by Crippen LogP contribution is 2.44. The number of hydrogen-bond acceptors (Lipinski definition) is 3. The number of hydrogen-bond donors (Lipinski definition) is 0. The first-order valence-electron chi connectivity index (χ1n) is 7.14. The molecule has 0 amide bonds. The molecule has 3 heteroatoms. The summed E-state index contributed by atoms with van der Waals surface area (Å²) in [6, 6.07) is 7.85. The lowest BCUT2D eigenvalue weighted by Gasteiger charge is -2.29. The fraction of sp³-hybridized carbons (Fsp3) is 0.562. The van der Waals surface area contributed by atoms with Crippen molar-refractivity contribution in [3.05, 3.63) is 29.8 Å². The summed E-state index contributed by atoms with van der Waals surface area (Å²) in [7, 11) is 1.46. The fourth-order valence-electron chi connectivity index (χ4n) is 3.46. The van der Waals surface area contributed by atoms with Gasteiger partial charge in [0.2, 0.25) is 0 Å². The van der Waals surface area contributed by atoms with Crippen LogP contribution in [0.4, 0.5) is 0 Å². The Morgan fingerprint density at radius 2 is 1.95 bits per heavy atom. The molecule has 0 saturated heterocycles. The van der Waals surface area contributed by atoms with E-state index in [9.17, 15) is 4.79 Å². The Labute approximate surface area is 113 Å². The molecule has 102 valence electrons. The number of fused-ring (bicyclic) bond motifs is 1. The molecule has 1 aliphatic heterocycles. The maximum absolute atomic E-state index is 12.1. The summed E-state index contributed by atoms with van der Waals surface area (Å²) in [4.78, 5) is 12.1. The van der Waals surface area contributed by atoms with E-state index in [1.807, 2.05) is 24.3 Å². The Balaban J connectivity index is 1.90. The van der Waals surface area contributed by atoms with Gasteiger partial charge in [-0.15, -0.1) is 0 Å². The van der Waals surface area contributed by atoms with Crippen LogP contribution in [0.3, 0.4) is 0 Å². The molecule has 3 rings (SSSR count). The van der Waals surface area contributed by atoms with Gasteiger partial charge >= 0.3 is 5.97 Å². The van der Waals surface area contributed by atoms with Crippen molar-refractivity contribution in [1.82, 2.24) is 0 Å². The minimum Gasteiger partial charge on any atom is -0.489 e. The van der Waals surface area contributed by atoms with Crippen molar-refractivity contribution in [2.45, 2.75) is 44.1 Å². The van der Waals surface area contributed by atoms with Gasteiger partial charge in [-0.25, -0.2) is 0 Å². The molecule has 3 nitrogen and oxygen atoms in total. The number of esters is 1. The minimum absolute atomic E-state index is 0.0369. The van der Waals surface area contributed by atoms with E-state index in [0.29, 0.717) is 5.92 Å². The highest BCUT2D eigenvalue weighted by Gasteiger charge is 2.44. The van der Waals surface area contributed by atoms with Crippen molar-refractivity contribution < 1.29 is 14.3 Å². The molecule has 1 fully saturated rings. The first-order chi connectivity index (χ1) is 9.31. The largest absolute Gasteiger partial charge is 0.489 e. The molecule has 1 heterocycles. The number of para-hydroxylation sites is 1. The minimum atomic E-state index is -0.246. The second kappa shape index (κ2) is 5.24. The van der Waals surface area contributed by atoms with E-state index in [2.05, 4.69) is 0 Å². The van der Waals surface area contributed by atoms with Crippen LogP contribution < -0.4 is 4.74 Å². The summed E-state index contributed by atoms with van der Waals surface area (Å²) in [5.74, 6) is 0.920. The smallest absolute Gasteiger partial charge is 0.317 e. The highest BCUT2D eigenvalue weighted by molar-refractivity contribution is 5.81. The summed E-state index contributed by atoms with van der Waals surface area (Å²) in [6.45, 7) is 0. The number of benzene rings is 1. The van der Waals surface area contributed by atoms with Gasteiger partial charge in [0.25, 0.3) is 0 Å². The van der Waals surface area contributed by atoms with Crippen LogP contribution in [0.15, 0.2) is 24.3 Å². The molecule has 1 aromatic rings. The summed E-state index contributed by atoms with van der Waals surface area (Å²) in [6.07, 6.45) is 6.08. The van der Waals surface area contributed by atoms with Crippen LogP contribution >= 0.6 is 0 Å². The SMILES string of the molecule is COC(=O)[C@@H]1c2ccccc2O[C@H]1C1CCCCC1. The average Bonchev–Trinajstić information content (AvgIpc) is 2.87. The van der Waals surface area contributed by atoms with Crippen LogP contribution in [-0.4, -0.2) is 19.2 Å². The normalized spacial score (nSPS) is 26.6. The summed E-state index contributed by atoms with van der Waals surface area (Å²) < 4.78 is 11.1. The molecular formula is C16H20O3. The van der Waals surface area contributed by atoms with Gasteiger partial charge in [0.05, 0.1) is 7.11 Å². The zero-order valence-electron chi connectivity index (χ0n) is 11.3. The predicted molar refractivity (Wildman–Crippen MR) is 72.2 cm³/mol. The number of rotatable bonds is 2. The zero-order valence-corrected chi connectivity index (χ0v) is 11.3. The maximum atomic E-state index is 12.1. The summed E-state index contributed by atoms with van der Waals surface area (Å²) in [5.41, 5.74) is 0.991. The Kier molecular flexibility index (Phi) is 3.45. The van der Waals surface area contributed by atoms with Gasteiger partial charge in [-0.05, 0) is 24.8 Å². The van der Waals surface area contributed by atoms with Crippen molar-refractivity contribution in [3.63, 3.8) is 0 Å². The van der Waals surface area contributed by atoms with Crippen LogP contribution in [-0.2, 0) is 9.53 Å². The maximum Gasteiger partial charge on any atom is 0.317 e. The van der Waals surface area contributed by atoms with Crippen molar-refractivity contribution in [1.29, 1.82) is 0 Å². The Hall–Kier alpha value is -1.51. The lowest BCUT2D eigenvalue weighted by molar-refractivity contribution is -0.144. The van der Waals surface area contributed by atoms with E-state index in [1.165, 1.54) is 26.4 Å². The molecule has 19 heavy (non-hydrogen) atoms. The zero-order chi connectivity index (χ0) is 13.2. The topological polar surface area (TPSA) is 35.5 Å². The van der Waals surface area contributed by atoms with Crippen LogP contribution in [0.25, 0.3) is 0 Å². The second-order valence-electron chi connectivity index (χ2n) is 5.52. The Morgan fingerprint density at radius 3 is 2.68 bits per heavy atom. The van der Waals surface area contributed by atoms with Crippen molar-refractivity contribution >= 4 is 5.97 Å². The molecule has 2 aliphatic rings. The van der Waals surface area contributed by atoms with Gasteiger partial charge in [-0.3, -0.25) is 4.79 Å². The Morgan fingerprint density at radius 1 is 1.21 bits per heavy atom. The van der Waals surface area contributed by atoms with Crippen molar-refractivity contribution in [3.8, 4) is 5.75 Å². The van der Waals surface area contributed by atoms with E-state index in [1.54, 1.807) is 0 Å². The van der Waals surface area contributed by atoms with Gasteiger partial charge in [0, 0.05) is 5.56 Å². The fourth-order valence-corrected chi connectivity index (χ4v) is 3.46. The monoisotopic (exact) mass is 260 g/mol. The third-order valence-corrected chi connectivity index (χ3v) is 4.42. The van der Waals surface area contributed by atoms with Crippen LogP contribution in [0.5, 0.6) is 5.75 Å². The van der Waals surface area contributed by atoms with Gasteiger partial charge in [0.15, 0.2) is 0 Å². The standard InChI is InChI=1S/C16H20O3/c1-18-16(17)14-12-9-5-6-10-13(12)19-15(14)11-7-3-2-4-8-11/h5-6,9-11,14-15H,2-4,7-8H2,1H3/t14-,15+/m1/s1. The van der Waals surface area contributed by atoms with E-state index in [0.717, 1.165) is 24.2 Å². The van der Waals surface area contributed by atoms with E-state index in [-0.39, 0.29) is 18.0 Å². The third kappa shape index (κ3) is 2.22. The summed E-state index contributed by atoms with van der Waals surface area (Å²) in [5, 5.41) is 0. The molecule has 1 aliphatic carbocycles. The number of carbonyl (C=O) groups excluding carboxylic acids is 1. The highest BCUT2D eigenvalue weighted by atomic mass is 16.5. The molecule has 1 saturated carbocycles. The first-order valence-corrected chi connectivity index (χ1v) is 7.14. The molecule has 2 atom stereocenters. The van der Waals surface area contributed by atoms with Crippen molar-refractivity contribution in [2.24, 2.45) is 5.92 Å². The molecule has 0 spiro atoms. The molecular weight excluding hydrogens is 240 g/mol. The van der Waals surface area contributed by atoms with Crippen LogP contribution in [0, 0.1) is 5.92 Å². The van der Waals surface area contributed by atoms with E-state index >= 15 is 0 Å². The van der Waals surface area contributed by atoms with Gasteiger partial charge in [-0.1, -0.05) is 37.5 Å². The van der Waals surface area contributed by atoms with E-state index < -0.39 is 0 Å². The summed E-state index contributed by atoms with van der Waals surface area (Å²) >= 11 is 0. The van der Waals surface area contributed by atoms with Crippen LogP contribution in [0.2, 0.25) is 0 Å². The molecule has 0 N–H and O–H groups in total.